The molecule has 0 bridgehead atoms. The summed E-state index contributed by atoms with van der Waals surface area (Å²) in [6, 6.07) is 16.5. The van der Waals surface area contributed by atoms with Crippen LogP contribution < -0.4 is 5.32 Å². The zero-order chi connectivity index (χ0) is 18.9. The zero-order valence-electron chi connectivity index (χ0n) is 14.3. The molecule has 6 heteroatoms. The minimum atomic E-state index is -0.682. The zero-order valence-corrected chi connectivity index (χ0v) is 14.3. The summed E-state index contributed by atoms with van der Waals surface area (Å²) < 4.78 is 4.95. The number of nitrogens with one attached hydrogen (secondary N) is 1. The summed E-state index contributed by atoms with van der Waals surface area (Å²) in [5, 5.41) is 11.3. The smallest absolute Gasteiger partial charge is 0.338 e. The number of nitriles is 1. The van der Waals surface area contributed by atoms with Gasteiger partial charge in [-0.3, -0.25) is 9.59 Å². The maximum absolute atomic E-state index is 12.0. The van der Waals surface area contributed by atoms with Crippen LogP contribution in [-0.2, 0) is 20.7 Å². The molecule has 2 aromatic carbocycles. The molecule has 0 unspecified atom stereocenters. The van der Waals surface area contributed by atoms with Crippen molar-refractivity contribution in [3.05, 3.63) is 71.3 Å². The molecule has 0 saturated heterocycles. The van der Waals surface area contributed by atoms with Crippen molar-refractivity contribution in [1.82, 2.24) is 5.32 Å². The average molecular weight is 350 g/mol. The first-order chi connectivity index (χ1) is 12.5. The van der Waals surface area contributed by atoms with Crippen molar-refractivity contribution in [3.8, 4) is 6.07 Å². The fourth-order valence-electron chi connectivity index (χ4n) is 2.28. The van der Waals surface area contributed by atoms with Crippen molar-refractivity contribution in [2.45, 2.75) is 19.4 Å². The van der Waals surface area contributed by atoms with Crippen LogP contribution in [0.25, 0.3) is 0 Å². The summed E-state index contributed by atoms with van der Waals surface area (Å²) in [4.78, 5) is 35.7. The van der Waals surface area contributed by atoms with Crippen LogP contribution in [0.3, 0.4) is 0 Å². The third-order valence-electron chi connectivity index (χ3n) is 3.69. The molecule has 0 saturated carbocycles. The maximum atomic E-state index is 12.0. The molecule has 0 aliphatic carbocycles. The first-order valence-corrected chi connectivity index (χ1v) is 8.00. The van der Waals surface area contributed by atoms with Crippen LogP contribution in [0.1, 0.15) is 28.4 Å². The van der Waals surface area contributed by atoms with Gasteiger partial charge in [0.25, 0.3) is 5.91 Å². The van der Waals surface area contributed by atoms with E-state index in [1.54, 1.807) is 0 Å². The quantitative estimate of drug-likeness (QED) is 0.771. The Morgan fingerprint density at radius 1 is 1.08 bits per heavy atom. The standard InChI is InChI=1S/C20H18N2O4/c1-14(23)18(11-15-5-3-2-4-6-15)22-19(24)13-26-20(25)17-9-7-16(12-21)8-10-17/h2-10,18H,11,13H2,1H3,(H,22,24)/t18-/m1/s1. The van der Waals surface area contributed by atoms with Crippen molar-refractivity contribution in [1.29, 1.82) is 5.26 Å². The maximum Gasteiger partial charge on any atom is 0.338 e. The lowest BCUT2D eigenvalue weighted by atomic mass is 10.0. The van der Waals surface area contributed by atoms with Gasteiger partial charge in [-0.15, -0.1) is 0 Å². The highest BCUT2D eigenvalue weighted by Gasteiger charge is 2.18. The molecule has 1 atom stereocenters. The van der Waals surface area contributed by atoms with E-state index in [9.17, 15) is 14.4 Å². The van der Waals surface area contributed by atoms with Gasteiger partial charge in [0, 0.05) is 0 Å². The third-order valence-corrected chi connectivity index (χ3v) is 3.69. The van der Waals surface area contributed by atoms with Gasteiger partial charge in [-0.25, -0.2) is 4.79 Å². The van der Waals surface area contributed by atoms with Crippen LogP contribution in [0, 0.1) is 11.3 Å². The second-order valence-electron chi connectivity index (χ2n) is 5.69. The number of hydrogen-bond donors (Lipinski definition) is 1. The second kappa shape index (κ2) is 9.14. The Morgan fingerprint density at radius 3 is 2.31 bits per heavy atom. The number of esters is 1. The highest BCUT2D eigenvalue weighted by Crippen LogP contribution is 2.06. The van der Waals surface area contributed by atoms with Crippen LogP contribution in [-0.4, -0.2) is 30.3 Å². The number of amides is 1. The molecule has 2 aromatic rings. The van der Waals surface area contributed by atoms with Crippen molar-refractivity contribution in [2.75, 3.05) is 6.61 Å². The second-order valence-corrected chi connectivity index (χ2v) is 5.69. The molecule has 2 rings (SSSR count). The Bertz CT molecular complexity index is 823. The fraction of sp³-hybridized carbons (Fsp3) is 0.200. The van der Waals surface area contributed by atoms with Crippen LogP contribution in [0.5, 0.6) is 0 Å². The summed E-state index contributed by atoms with van der Waals surface area (Å²) in [5.41, 5.74) is 1.58. The van der Waals surface area contributed by atoms with Gasteiger partial charge in [-0.05, 0) is 43.2 Å². The molecule has 6 nitrogen and oxygen atoms in total. The molecule has 0 aliphatic heterocycles. The van der Waals surface area contributed by atoms with Crippen LogP contribution in [0.2, 0.25) is 0 Å². The SMILES string of the molecule is CC(=O)[C@@H](Cc1ccccc1)NC(=O)COC(=O)c1ccc(C#N)cc1. The first kappa shape index (κ1) is 18.9. The number of ketones is 1. The number of Topliss-reactive ketones (excluding diaryl/α,β-unsaturated/α-hetero) is 1. The number of hydrogen-bond acceptors (Lipinski definition) is 5. The number of benzene rings is 2. The van der Waals surface area contributed by atoms with E-state index >= 15 is 0 Å². The molecule has 1 amide bonds. The Kier molecular flexibility index (Phi) is 6.63. The molecule has 26 heavy (non-hydrogen) atoms. The minimum absolute atomic E-state index is 0.180. The van der Waals surface area contributed by atoms with Gasteiger partial charge in [0.1, 0.15) is 0 Å². The van der Waals surface area contributed by atoms with Crippen LogP contribution in [0.4, 0.5) is 0 Å². The largest absolute Gasteiger partial charge is 0.452 e. The number of carbonyl (C=O) groups excluding carboxylic acids is 3. The van der Waals surface area contributed by atoms with Gasteiger partial charge >= 0.3 is 5.97 Å². The molecule has 0 heterocycles. The van der Waals surface area contributed by atoms with Gasteiger partial charge in [-0.1, -0.05) is 30.3 Å². The Balaban J connectivity index is 1.88. The summed E-state index contributed by atoms with van der Waals surface area (Å²) >= 11 is 0. The molecule has 1 N–H and O–H groups in total. The Hall–Kier alpha value is -3.46. The normalized spacial score (nSPS) is 11.1. The van der Waals surface area contributed by atoms with Gasteiger partial charge in [0.15, 0.2) is 12.4 Å². The van der Waals surface area contributed by atoms with Crippen molar-refractivity contribution < 1.29 is 19.1 Å². The van der Waals surface area contributed by atoms with E-state index < -0.39 is 24.5 Å². The lowest BCUT2D eigenvalue weighted by Gasteiger charge is -2.16. The highest BCUT2D eigenvalue weighted by atomic mass is 16.5. The predicted molar refractivity (Wildman–Crippen MR) is 94.2 cm³/mol. The van der Waals surface area contributed by atoms with Gasteiger partial charge < -0.3 is 10.1 Å². The van der Waals surface area contributed by atoms with E-state index in [0.29, 0.717) is 12.0 Å². The molecular weight excluding hydrogens is 332 g/mol. The van der Waals surface area contributed by atoms with E-state index in [4.69, 9.17) is 10.00 Å². The molecule has 0 aromatic heterocycles. The number of ether oxygens (including phenoxy) is 1. The topological polar surface area (TPSA) is 96.3 Å². The Morgan fingerprint density at radius 2 is 1.73 bits per heavy atom. The molecule has 0 fully saturated rings. The minimum Gasteiger partial charge on any atom is -0.452 e. The summed E-state index contributed by atoms with van der Waals surface area (Å²) in [5.74, 6) is -1.41. The number of carbonyl (C=O) groups is 3. The first-order valence-electron chi connectivity index (χ1n) is 8.00. The molecule has 0 aliphatic rings. The van der Waals surface area contributed by atoms with E-state index in [-0.39, 0.29) is 11.3 Å². The summed E-state index contributed by atoms with van der Waals surface area (Å²) in [7, 11) is 0. The van der Waals surface area contributed by atoms with E-state index in [1.165, 1.54) is 31.2 Å². The van der Waals surface area contributed by atoms with E-state index in [0.717, 1.165) is 5.56 Å². The lowest BCUT2D eigenvalue weighted by Crippen LogP contribution is -2.43. The van der Waals surface area contributed by atoms with Gasteiger partial charge in [-0.2, -0.15) is 5.26 Å². The molecule has 0 spiro atoms. The van der Waals surface area contributed by atoms with Gasteiger partial charge in [0.05, 0.1) is 23.2 Å². The molecular formula is C20H18N2O4. The fourth-order valence-corrected chi connectivity index (χ4v) is 2.28. The highest BCUT2D eigenvalue weighted by molar-refractivity contribution is 5.92. The monoisotopic (exact) mass is 350 g/mol. The molecule has 0 radical (unpaired) electrons. The number of rotatable bonds is 7. The molecule has 132 valence electrons. The summed E-state index contributed by atoms with van der Waals surface area (Å²) in [6.45, 7) is 0.911. The third kappa shape index (κ3) is 5.56. The lowest BCUT2D eigenvalue weighted by molar-refractivity contribution is -0.128. The predicted octanol–water partition coefficient (Wildman–Crippen LogP) is 2.03. The van der Waals surface area contributed by atoms with Gasteiger partial charge in [0.2, 0.25) is 0 Å². The van der Waals surface area contributed by atoms with E-state index in [2.05, 4.69) is 5.32 Å². The van der Waals surface area contributed by atoms with Crippen molar-refractivity contribution in [3.63, 3.8) is 0 Å². The van der Waals surface area contributed by atoms with E-state index in [1.807, 2.05) is 36.4 Å². The Labute approximate surface area is 151 Å². The number of nitrogens with zero attached hydrogens (tertiary/aromatic N) is 1. The van der Waals surface area contributed by atoms with Crippen LogP contribution in [0.15, 0.2) is 54.6 Å². The van der Waals surface area contributed by atoms with Crippen molar-refractivity contribution >= 4 is 17.7 Å². The van der Waals surface area contributed by atoms with Crippen molar-refractivity contribution in [2.24, 2.45) is 0 Å². The van der Waals surface area contributed by atoms with Crippen LogP contribution >= 0.6 is 0 Å². The summed E-state index contributed by atoms with van der Waals surface area (Å²) in [6.07, 6.45) is 0.367. The average Bonchev–Trinajstić information content (AvgIpc) is 2.66.